The number of aryl methyl sites for hydroxylation is 1. The van der Waals surface area contributed by atoms with E-state index in [-0.39, 0.29) is 6.04 Å². The van der Waals surface area contributed by atoms with Gasteiger partial charge in [0, 0.05) is 0 Å². The van der Waals surface area contributed by atoms with Gasteiger partial charge in [0.15, 0.2) is 0 Å². The quantitative estimate of drug-likeness (QED) is 0.601. The zero-order valence-electron chi connectivity index (χ0n) is 15.1. The Morgan fingerprint density at radius 2 is 1.44 bits per heavy atom. The second kappa shape index (κ2) is 6.80. The minimum absolute atomic E-state index is 0.300. The summed E-state index contributed by atoms with van der Waals surface area (Å²) in [4.78, 5) is 0.300. The average molecular weight is 375 g/mol. The van der Waals surface area contributed by atoms with Gasteiger partial charge in [-0.15, -0.1) is 6.58 Å². The first-order chi connectivity index (χ1) is 13.0. The van der Waals surface area contributed by atoms with E-state index in [9.17, 15) is 8.42 Å². The zero-order chi connectivity index (χ0) is 19.0. The first kappa shape index (κ1) is 17.7. The summed E-state index contributed by atoms with van der Waals surface area (Å²) in [6.45, 7) is 5.88. The maximum atomic E-state index is 13.6. The van der Waals surface area contributed by atoms with E-state index in [2.05, 4.69) is 6.58 Å². The van der Waals surface area contributed by atoms with Gasteiger partial charge in [0.05, 0.1) is 17.0 Å². The largest absolute Gasteiger partial charge is 0.244 e. The third-order valence-electron chi connectivity index (χ3n) is 5.07. The molecule has 0 saturated heterocycles. The molecule has 4 heteroatoms. The fourth-order valence-corrected chi connectivity index (χ4v) is 5.51. The molecule has 0 aromatic heterocycles. The van der Waals surface area contributed by atoms with Gasteiger partial charge in [-0.05, 0) is 35.7 Å². The topological polar surface area (TPSA) is 37.4 Å². The van der Waals surface area contributed by atoms with Crippen LogP contribution in [0.3, 0.4) is 0 Å². The third-order valence-corrected chi connectivity index (χ3v) is 6.93. The molecule has 3 aromatic carbocycles. The van der Waals surface area contributed by atoms with Crippen LogP contribution < -0.4 is 0 Å². The minimum Gasteiger partial charge on any atom is -0.207 e. The van der Waals surface area contributed by atoms with Gasteiger partial charge in [0.2, 0.25) is 10.0 Å². The van der Waals surface area contributed by atoms with Crippen molar-refractivity contribution in [2.24, 2.45) is 0 Å². The smallest absolute Gasteiger partial charge is 0.207 e. The summed E-state index contributed by atoms with van der Waals surface area (Å²) in [5, 5.41) is 0. The first-order valence-electron chi connectivity index (χ1n) is 8.90. The van der Waals surface area contributed by atoms with Crippen LogP contribution in [0.2, 0.25) is 0 Å². The van der Waals surface area contributed by atoms with Crippen LogP contribution in [0.1, 0.15) is 34.3 Å². The third kappa shape index (κ3) is 2.91. The van der Waals surface area contributed by atoms with E-state index in [1.807, 2.05) is 73.7 Å². The van der Waals surface area contributed by atoms with E-state index in [4.69, 9.17) is 0 Å². The molecule has 0 radical (unpaired) electrons. The van der Waals surface area contributed by atoms with Crippen molar-refractivity contribution in [3.05, 3.63) is 114 Å². The van der Waals surface area contributed by atoms with Crippen LogP contribution in [0, 0.1) is 6.92 Å². The lowest BCUT2D eigenvalue weighted by atomic mass is 9.97. The Morgan fingerprint density at radius 1 is 0.852 bits per heavy atom. The molecule has 0 N–H and O–H groups in total. The lowest BCUT2D eigenvalue weighted by molar-refractivity contribution is 0.354. The number of sulfonamides is 1. The van der Waals surface area contributed by atoms with Gasteiger partial charge in [0.1, 0.15) is 0 Å². The van der Waals surface area contributed by atoms with Crippen molar-refractivity contribution in [3.63, 3.8) is 0 Å². The molecule has 4 rings (SSSR count). The maximum Gasteiger partial charge on any atom is 0.244 e. The predicted molar refractivity (Wildman–Crippen MR) is 108 cm³/mol. The number of benzene rings is 3. The molecule has 3 nitrogen and oxygen atoms in total. The molecule has 0 bridgehead atoms. The monoisotopic (exact) mass is 375 g/mol. The Labute approximate surface area is 160 Å². The van der Waals surface area contributed by atoms with Crippen LogP contribution >= 0.6 is 0 Å². The fourth-order valence-electron chi connectivity index (χ4n) is 3.78. The molecule has 1 aliphatic heterocycles. The number of fused-ring (bicyclic) bond motifs is 1. The van der Waals surface area contributed by atoms with Gasteiger partial charge in [-0.3, -0.25) is 0 Å². The van der Waals surface area contributed by atoms with E-state index in [1.165, 1.54) is 0 Å². The summed E-state index contributed by atoms with van der Waals surface area (Å²) in [7, 11) is -3.72. The predicted octanol–water partition coefficient (Wildman–Crippen LogP) is 5.02. The highest BCUT2D eigenvalue weighted by Gasteiger charge is 2.45. The number of rotatable bonds is 4. The van der Waals surface area contributed by atoms with E-state index in [0.717, 1.165) is 22.3 Å². The van der Waals surface area contributed by atoms with Crippen LogP contribution in [0.4, 0.5) is 0 Å². The van der Waals surface area contributed by atoms with Gasteiger partial charge >= 0.3 is 0 Å². The fraction of sp³-hybridized carbons (Fsp3) is 0.130. The highest BCUT2D eigenvalue weighted by molar-refractivity contribution is 7.89. The standard InChI is InChI=1S/C23H21NO2S/c1-3-22-20-11-7-8-12-21(20)23(18-9-5-4-6-10-18)24(22)27(25,26)19-15-13-17(2)14-16-19/h3-16,22-23H,1H2,2H3/t22-,23+/m1/s1. The first-order valence-corrected chi connectivity index (χ1v) is 10.3. The maximum absolute atomic E-state index is 13.6. The van der Waals surface area contributed by atoms with E-state index in [0.29, 0.717) is 4.90 Å². The van der Waals surface area contributed by atoms with Gasteiger partial charge < -0.3 is 0 Å². The summed E-state index contributed by atoms with van der Waals surface area (Å²) >= 11 is 0. The normalized spacial score (nSPS) is 19.6. The SMILES string of the molecule is C=C[C@@H]1c2ccccc2[C@H](c2ccccc2)N1S(=O)(=O)c1ccc(C)cc1. The van der Waals surface area contributed by atoms with Crippen molar-refractivity contribution in [2.45, 2.75) is 23.9 Å². The van der Waals surface area contributed by atoms with E-state index in [1.54, 1.807) is 22.5 Å². The summed E-state index contributed by atoms with van der Waals surface area (Å²) in [5.41, 5.74) is 3.96. The van der Waals surface area contributed by atoms with Crippen LogP contribution in [-0.2, 0) is 10.0 Å². The Hall–Kier alpha value is -2.69. The molecule has 0 unspecified atom stereocenters. The molecule has 0 amide bonds. The highest BCUT2D eigenvalue weighted by Crippen LogP contribution is 2.48. The van der Waals surface area contributed by atoms with E-state index < -0.39 is 16.1 Å². The summed E-state index contributed by atoms with van der Waals surface area (Å²) in [6.07, 6.45) is 1.72. The highest BCUT2D eigenvalue weighted by atomic mass is 32.2. The van der Waals surface area contributed by atoms with Crippen molar-refractivity contribution in [1.82, 2.24) is 4.31 Å². The Morgan fingerprint density at radius 3 is 2.07 bits per heavy atom. The summed E-state index contributed by atoms with van der Waals surface area (Å²) < 4.78 is 28.9. The molecule has 1 aliphatic rings. The molecule has 2 atom stereocenters. The molecule has 0 fully saturated rings. The van der Waals surface area contributed by atoms with Crippen LogP contribution in [0.25, 0.3) is 0 Å². The van der Waals surface area contributed by atoms with Crippen LogP contribution in [0.5, 0.6) is 0 Å². The van der Waals surface area contributed by atoms with E-state index >= 15 is 0 Å². The molecule has 27 heavy (non-hydrogen) atoms. The molecule has 136 valence electrons. The van der Waals surface area contributed by atoms with Gasteiger partial charge in [-0.1, -0.05) is 78.4 Å². The lowest BCUT2D eigenvalue weighted by Crippen LogP contribution is -2.33. The second-order valence-corrected chi connectivity index (χ2v) is 8.61. The average Bonchev–Trinajstić information content (AvgIpc) is 3.04. The molecule has 3 aromatic rings. The molecule has 0 aliphatic carbocycles. The van der Waals surface area contributed by atoms with Gasteiger partial charge in [-0.25, -0.2) is 8.42 Å². The second-order valence-electron chi connectivity index (χ2n) is 6.77. The van der Waals surface area contributed by atoms with Crippen molar-refractivity contribution in [2.75, 3.05) is 0 Å². The van der Waals surface area contributed by atoms with Crippen LogP contribution in [0.15, 0.2) is 96.4 Å². The van der Waals surface area contributed by atoms with Gasteiger partial charge in [0.25, 0.3) is 0 Å². The summed E-state index contributed by atoms with van der Waals surface area (Å²) in [5.74, 6) is 0. The number of nitrogens with zero attached hydrogens (tertiary/aromatic N) is 1. The molecular weight excluding hydrogens is 354 g/mol. The Bertz CT molecular complexity index is 1070. The Balaban J connectivity index is 1.94. The van der Waals surface area contributed by atoms with Gasteiger partial charge in [-0.2, -0.15) is 4.31 Å². The lowest BCUT2D eigenvalue weighted by Gasteiger charge is -2.29. The molecule has 0 saturated carbocycles. The van der Waals surface area contributed by atoms with Crippen LogP contribution in [-0.4, -0.2) is 12.7 Å². The molecule has 0 spiro atoms. The molecular formula is C23H21NO2S. The summed E-state index contributed by atoms with van der Waals surface area (Å²) in [6, 6.07) is 23.9. The zero-order valence-corrected chi connectivity index (χ0v) is 15.9. The molecule has 1 heterocycles. The number of hydrogen-bond donors (Lipinski definition) is 0. The minimum atomic E-state index is -3.72. The van der Waals surface area contributed by atoms with Crippen molar-refractivity contribution < 1.29 is 8.42 Å². The van der Waals surface area contributed by atoms with Crippen molar-refractivity contribution in [1.29, 1.82) is 0 Å². The number of hydrogen-bond acceptors (Lipinski definition) is 2. The van der Waals surface area contributed by atoms with Crippen molar-refractivity contribution in [3.8, 4) is 0 Å². The van der Waals surface area contributed by atoms with Crippen molar-refractivity contribution >= 4 is 10.0 Å². The Kier molecular flexibility index (Phi) is 4.46.